The molecule has 0 amide bonds. The predicted octanol–water partition coefficient (Wildman–Crippen LogP) is 1.50. The van der Waals surface area contributed by atoms with Crippen LogP contribution in [0.3, 0.4) is 0 Å². The van der Waals surface area contributed by atoms with E-state index in [1.165, 1.54) is 0 Å². The van der Waals surface area contributed by atoms with E-state index in [2.05, 4.69) is 0 Å². The molecule has 4 heteroatoms. The van der Waals surface area contributed by atoms with Crippen molar-refractivity contribution in [3.05, 3.63) is 22.0 Å². The molecule has 0 aromatic heterocycles. The van der Waals surface area contributed by atoms with Gasteiger partial charge in [0.05, 0.1) is 0 Å². The number of hydrogen-bond acceptors (Lipinski definition) is 0. The van der Waals surface area contributed by atoms with Crippen molar-refractivity contribution in [1.82, 2.24) is 0 Å². The van der Waals surface area contributed by atoms with E-state index in [-0.39, 0.29) is 16.4 Å². The van der Waals surface area contributed by atoms with Gasteiger partial charge in [0.25, 0.3) is 0 Å². The van der Waals surface area contributed by atoms with Crippen LogP contribution in [0, 0.1) is 12.7 Å². The van der Waals surface area contributed by atoms with Gasteiger partial charge < -0.3 is 0 Å². The first-order valence-electron chi connectivity index (χ1n) is 4.40. The van der Waals surface area contributed by atoms with Crippen molar-refractivity contribution in [3.63, 3.8) is 0 Å². The Kier molecular flexibility index (Phi) is 3.31. The maximum atomic E-state index is 13.7. The fourth-order valence-corrected chi connectivity index (χ4v) is 1.81. The molecule has 0 N–H and O–H groups in total. The van der Waals surface area contributed by atoms with Crippen molar-refractivity contribution in [2.45, 2.75) is 26.7 Å². The van der Waals surface area contributed by atoms with E-state index < -0.39 is 5.82 Å². The second kappa shape index (κ2) is 3.98. The third-order valence-electron chi connectivity index (χ3n) is 2.33. The zero-order chi connectivity index (χ0) is 11.0. The van der Waals surface area contributed by atoms with Crippen molar-refractivity contribution >= 4 is 38.2 Å². The molecule has 0 atom stereocenters. The van der Waals surface area contributed by atoms with E-state index in [0.717, 1.165) is 0 Å². The van der Waals surface area contributed by atoms with Crippen LogP contribution in [0.1, 0.15) is 30.9 Å². The zero-order valence-electron chi connectivity index (χ0n) is 8.49. The molecule has 1 aromatic rings. The zero-order valence-corrected chi connectivity index (χ0v) is 9.24. The fourth-order valence-electron chi connectivity index (χ4n) is 1.37. The highest BCUT2D eigenvalue weighted by atomic mass is 35.5. The van der Waals surface area contributed by atoms with Gasteiger partial charge in [0.15, 0.2) is 0 Å². The summed E-state index contributed by atoms with van der Waals surface area (Å²) < 4.78 is 13.7. The Morgan fingerprint density at radius 1 is 1.21 bits per heavy atom. The summed E-state index contributed by atoms with van der Waals surface area (Å²) in [5.41, 5.74) is 1.37. The predicted molar refractivity (Wildman–Crippen MR) is 61.0 cm³/mol. The standard InChI is InChI=1S/C10H10B2ClF/c1-4(2)6-9(13)7(11)5(3)8(12)10(6)14/h4H,1-3H3. The summed E-state index contributed by atoms with van der Waals surface area (Å²) in [5.74, 6) is -0.482. The molecule has 14 heavy (non-hydrogen) atoms. The van der Waals surface area contributed by atoms with Crippen molar-refractivity contribution in [2.24, 2.45) is 0 Å². The van der Waals surface area contributed by atoms with Gasteiger partial charge in [-0.1, -0.05) is 41.9 Å². The molecular formula is C10H10B2ClF. The average molecular weight is 206 g/mol. The molecular weight excluding hydrogens is 196 g/mol. The van der Waals surface area contributed by atoms with Gasteiger partial charge in [0.2, 0.25) is 0 Å². The molecule has 0 aliphatic rings. The topological polar surface area (TPSA) is 0 Å². The molecule has 0 aliphatic carbocycles. The van der Waals surface area contributed by atoms with Crippen LogP contribution in [0.4, 0.5) is 4.39 Å². The molecule has 0 spiro atoms. The second-order valence-corrected chi connectivity index (χ2v) is 4.03. The SMILES string of the molecule is [B]c1c(C)c([B])c(Cl)c(C(C)C)c1F. The van der Waals surface area contributed by atoms with E-state index in [1.807, 2.05) is 13.8 Å². The average Bonchev–Trinajstić information content (AvgIpc) is 2.11. The summed E-state index contributed by atoms with van der Waals surface area (Å²) in [7, 11) is 11.3. The highest BCUT2D eigenvalue weighted by molar-refractivity contribution is 6.48. The molecule has 0 saturated heterocycles. The Balaban J connectivity index is 3.60. The van der Waals surface area contributed by atoms with Crippen LogP contribution in [0.2, 0.25) is 5.02 Å². The van der Waals surface area contributed by atoms with Gasteiger partial charge in [-0.25, -0.2) is 4.39 Å². The van der Waals surface area contributed by atoms with Crippen LogP contribution in [-0.4, -0.2) is 15.7 Å². The van der Waals surface area contributed by atoms with Crippen LogP contribution in [0.25, 0.3) is 0 Å². The van der Waals surface area contributed by atoms with Crippen LogP contribution >= 0.6 is 11.6 Å². The maximum Gasteiger partial charge on any atom is 0.121 e. The van der Waals surface area contributed by atoms with Crippen LogP contribution in [0.15, 0.2) is 0 Å². The van der Waals surface area contributed by atoms with Gasteiger partial charge in [0.1, 0.15) is 21.5 Å². The summed E-state index contributed by atoms with van der Waals surface area (Å²) in [5, 5.41) is 0.282. The minimum absolute atomic E-state index is 0.0345. The van der Waals surface area contributed by atoms with E-state index in [0.29, 0.717) is 16.6 Å². The first-order chi connectivity index (χ1) is 6.37. The van der Waals surface area contributed by atoms with Gasteiger partial charge in [0, 0.05) is 10.6 Å². The number of hydrogen-bond donors (Lipinski definition) is 0. The lowest BCUT2D eigenvalue weighted by Gasteiger charge is -2.17. The maximum absolute atomic E-state index is 13.7. The Bertz CT molecular complexity index is 346. The monoisotopic (exact) mass is 206 g/mol. The molecule has 0 bridgehead atoms. The molecule has 0 heterocycles. The quantitative estimate of drug-likeness (QED) is 0.611. The van der Waals surface area contributed by atoms with Crippen molar-refractivity contribution in [1.29, 1.82) is 0 Å². The van der Waals surface area contributed by atoms with Crippen LogP contribution in [-0.2, 0) is 0 Å². The lowest BCUT2D eigenvalue weighted by atomic mass is 9.78. The molecule has 0 fully saturated rings. The van der Waals surface area contributed by atoms with Crippen LogP contribution in [0.5, 0.6) is 0 Å². The Hall–Kier alpha value is -0.430. The molecule has 70 valence electrons. The smallest absolute Gasteiger partial charge is 0.121 e. The van der Waals surface area contributed by atoms with E-state index in [1.54, 1.807) is 6.92 Å². The highest BCUT2D eigenvalue weighted by Gasteiger charge is 2.17. The minimum atomic E-state index is -0.448. The molecule has 0 aliphatic heterocycles. The second-order valence-electron chi connectivity index (χ2n) is 3.65. The van der Waals surface area contributed by atoms with E-state index in [9.17, 15) is 4.39 Å². The minimum Gasteiger partial charge on any atom is -0.207 e. The highest BCUT2D eigenvalue weighted by Crippen LogP contribution is 2.25. The number of benzene rings is 1. The van der Waals surface area contributed by atoms with Crippen molar-refractivity contribution in [2.75, 3.05) is 0 Å². The number of halogens is 2. The Morgan fingerprint density at radius 3 is 2.14 bits per heavy atom. The van der Waals surface area contributed by atoms with Gasteiger partial charge >= 0.3 is 0 Å². The van der Waals surface area contributed by atoms with E-state index >= 15 is 0 Å². The molecule has 4 radical (unpaired) electrons. The molecule has 1 aromatic carbocycles. The lowest BCUT2D eigenvalue weighted by molar-refractivity contribution is 0.606. The van der Waals surface area contributed by atoms with Gasteiger partial charge in [-0.05, 0) is 12.8 Å². The Morgan fingerprint density at radius 2 is 1.71 bits per heavy atom. The number of rotatable bonds is 1. The first-order valence-corrected chi connectivity index (χ1v) is 4.78. The fraction of sp³-hybridized carbons (Fsp3) is 0.400. The van der Waals surface area contributed by atoms with Crippen molar-refractivity contribution in [3.8, 4) is 0 Å². The summed E-state index contributed by atoms with van der Waals surface area (Å²) >= 11 is 5.95. The van der Waals surface area contributed by atoms with Crippen LogP contribution < -0.4 is 10.9 Å². The van der Waals surface area contributed by atoms with Gasteiger partial charge in [-0.2, -0.15) is 0 Å². The Labute approximate surface area is 91.7 Å². The summed E-state index contributed by atoms with van der Waals surface area (Å²) in [4.78, 5) is 0. The van der Waals surface area contributed by atoms with Gasteiger partial charge in [-0.15, -0.1) is 0 Å². The molecule has 0 nitrogen and oxygen atoms in total. The lowest BCUT2D eigenvalue weighted by Crippen LogP contribution is -2.27. The third kappa shape index (κ3) is 1.70. The third-order valence-corrected chi connectivity index (χ3v) is 2.74. The molecule has 1 rings (SSSR count). The largest absolute Gasteiger partial charge is 0.207 e. The van der Waals surface area contributed by atoms with Crippen molar-refractivity contribution < 1.29 is 4.39 Å². The van der Waals surface area contributed by atoms with Gasteiger partial charge in [-0.3, -0.25) is 0 Å². The van der Waals surface area contributed by atoms with E-state index in [4.69, 9.17) is 27.3 Å². The normalized spacial score (nSPS) is 11.0. The molecule has 0 unspecified atom stereocenters. The summed E-state index contributed by atoms with van der Waals surface area (Å²) in [6.07, 6.45) is 0. The summed E-state index contributed by atoms with van der Waals surface area (Å²) in [6.45, 7) is 5.35. The first kappa shape index (κ1) is 11.6. The summed E-state index contributed by atoms with van der Waals surface area (Å²) in [6, 6.07) is 0. The molecule has 0 saturated carbocycles.